The van der Waals surface area contributed by atoms with Crippen molar-refractivity contribution in [2.45, 2.75) is 18.2 Å². The Morgan fingerprint density at radius 2 is 2.21 bits per heavy atom. The predicted molar refractivity (Wildman–Crippen MR) is 59.2 cm³/mol. The van der Waals surface area contributed by atoms with E-state index in [1.165, 1.54) is 0 Å². The highest BCUT2D eigenvalue weighted by Crippen LogP contribution is 2.31. The molecule has 2 nitrogen and oxygen atoms in total. The molecule has 76 valence electrons. The van der Waals surface area contributed by atoms with Crippen LogP contribution in [0.25, 0.3) is 0 Å². The maximum Gasteiger partial charge on any atom is 0.136 e. The quantitative estimate of drug-likeness (QED) is 0.714. The molecule has 0 radical (unpaired) electrons. The molecule has 0 spiro atoms. The number of rotatable bonds is 4. The molecule has 1 rings (SSSR count). The van der Waals surface area contributed by atoms with Crippen molar-refractivity contribution >= 4 is 17.5 Å². The minimum absolute atomic E-state index is 0.154. The third kappa shape index (κ3) is 2.51. The Morgan fingerprint density at radius 1 is 1.50 bits per heavy atom. The number of benzene rings is 1. The second kappa shape index (κ2) is 5.05. The molecular weight excluding hydrogens is 196 g/mol. The smallest absolute Gasteiger partial charge is 0.136 e. The van der Waals surface area contributed by atoms with Gasteiger partial charge in [-0.2, -0.15) is 0 Å². The topological polar surface area (TPSA) is 26.3 Å². The van der Waals surface area contributed by atoms with Gasteiger partial charge in [-0.05, 0) is 19.2 Å². The predicted octanol–water partition coefficient (Wildman–Crippen LogP) is 2.55. The zero-order valence-corrected chi connectivity index (χ0v) is 9.48. The molecule has 3 heteroatoms. The van der Waals surface area contributed by atoms with E-state index in [4.69, 9.17) is 4.74 Å². The highest BCUT2D eigenvalue weighted by molar-refractivity contribution is 7.98. The Morgan fingerprint density at radius 3 is 2.71 bits per heavy atom. The summed E-state index contributed by atoms with van der Waals surface area (Å²) in [7, 11) is 1.64. The van der Waals surface area contributed by atoms with Gasteiger partial charge < -0.3 is 4.74 Å². The van der Waals surface area contributed by atoms with Gasteiger partial charge in [-0.15, -0.1) is 11.8 Å². The second-order valence-corrected chi connectivity index (χ2v) is 3.88. The Hall–Kier alpha value is -0.960. The van der Waals surface area contributed by atoms with Crippen molar-refractivity contribution in [3.05, 3.63) is 23.8 Å². The minimum Gasteiger partial charge on any atom is -0.495 e. The van der Waals surface area contributed by atoms with E-state index in [9.17, 15) is 4.79 Å². The highest BCUT2D eigenvalue weighted by atomic mass is 32.2. The van der Waals surface area contributed by atoms with Crippen LogP contribution in [0.5, 0.6) is 5.75 Å². The van der Waals surface area contributed by atoms with Crippen LogP contribution < -0.4 is 4.74 Å². The van der Waals surface area contributed by atoms with Crippen LogP contribution in [0.3, 0.4) is 0 Å². The number of para-hydroxylation sites is 1. The molecule has 0 atom stereocenters. The summed E-state index contributed by atoms with van der Waals surface area (Å²) in [6, 6.07) is 5.87. The summed E-state index contributed by atoms with van der Waals surface area (Å²) in [5.41, 5.74) is 0.965. The second-order valence-electron chi connectivity index (χ2n) is 3.03. The van der Waals surface area contributed by atoms with Crippen LogP contribution in [-0.2, 0) is 11.2 Å². The summed E-state index contributed by atoms with van der Waals surface area (Å²) in [6.45, 7) is 1.59. The lowest BCUT2D eigenvalue weighted by molar-refractivity contribution is -0.116. The fourth-order valence-corrected chi connectivity index (χ4v) is 1.98. The number of hydrogen-bond acceptors (Lipinski definition) is 3. The van der Waals surface area contributed by atoms with Crippen molar-refractivity contribution in [3.63, 3.8) is 0 Å². The zero-order valence-electron chi connectivity index (χ0n) is 8.66. The summed E-state index contributed by atoms with van der Waals surface area (Å²) in [5, 5.41) is 0. The van der Waals surface area contributed by atoms with E-state index in [-0.39, 0.29) is 5.78 Å². The molecule has 0 amide bonds. The summed E-state index contributed by atoms with van der Waals surface area (Å²) in [4.78, 5) is 12.1. The van der Waals surface area contributed by atoms with Crippen LogP contribution in [-0.4, -0.2) is 19.1 Å². The molecule has 0 fully saturated rings. The first-order valence-corrected chi connectivity index (χ1v) is 5.60. The molecule has 1 aromatic rings. The molecule has 0 aliphatic carbocycles. The van der Waals surface area contributed by atoms with Crippen molar-refractivity contribution in [1.82, 2.24) is 0 Å². The molecule has 0 aromatic heterocycles. The molecule has 1 aromatic carbocycles. The Labute approximate surface area is 88.7 Å². The minimum atomic E-state index is 0.154. The zero-order chi connectivity index (χ0) is 10.6. The first-order valence-electron chi connectivity index (χ1n) is 4.38. The van der Waals surface area contributed by atoms with E-state index < -0.39 is 0 Å². The van der Waals surface area contributed by atoms with Crippen molar-refractivity contribution in [3.8, 4) is 5.75 Å². The Kier molecular flexibility index (Phi) is 4.01. The lowest BCUT2D eigenvalue weighted by Gasteiger charge is -2.10. The fraction of sp³-hybridized carbons (Fsp3) is 0.364. The SMILES string of the molecule is COc1c(CC(C)=O)cccc1SC. The van der Waals surface area contributed by atoms with Crippen LogP contribution in [0.1, 0.15) is 12.5 Å². The molecule has 0 unspecified atom stereocenters. The number of thioether (sulfide) groups is 1. The Balaban J connectivity index is 3.08. The lowest BCUT2D eigenvalue weighted by Crippen LogP contribution is -2.00. The number of ether oxygens (including phenoxy) is 1. The molecule has 0 aliphatic heterocycles. The third-order valence-electron chi connectivity index (χ3n) is 1.92. The molecular formula is C11H14O2S. The Bertz CT molecular complexity index is 334. The normalized spacial score (nSPS) is 9.93. The molecule has 0 heterocycles. The number of carbonyl (C=O) groups is 1. The average molecular weight is 210 g/mol. The summed E-state index contributed by atoms with van der Waals surface area (Å²) in [5.74, 6) is 0.983. The van der Waals surface area contributed by atoms with Crippen LogP contribution in [0.2, 0.25) is 0 Å². The number of carbonyl (C=O) groups excluding carboxylic acids is 1. The maximum atomic E-state index is 11.0. The highest BCUT2D eigenvalue weighted by Gasteiger charge is 2.09. The fourth-order valence-electron chi connectivity index (χ4n) is 1.36. The van der Waals surface area contributed by atoms with Gasteiger partial charge in [0.2, 0.25) is 0 Å². The van der Waals surface area contributed by atoms with Crippen molar-refractivity contribution < 1.29 is 9.53 Å². The van der Waals surface area contributed by atoms with Crippen molar-refractivity contribution in [2.75, 3.05) is 13.4 Å². The molecule has 0 aliphatic rings. The molecule has 0 bridgehead atoms. The van der Waals surface area contributed by atoms with Gasteiger partial charge in [0.1, 0.15) is 11.5 Å². The number of methoxy groups -OCH3 is 1. The van der Waals surface area contributed by atoms with Gasteiger partial charge in [-0.1, -0.05) is 12.1 Å². The lowest BCUT2D eigenvalue weighted by atomic mass is 10.1. The van der Waals surface area contributed by atoms with Gasteiger partial charge in [-0.3, -0.25) is 4.79 Å². The van der Waals surface area contributed by atoms with Gasteiger partial charge in [0.05, 0.1) is 7.11 Å². The van der Waals surface area contributed by atoms with E-state index >= 15 is 0 Å². The van der Waals surface area contributed by atoms with Gasteiger partial charge in [0.15, 0.2) is 0 Å². The van der Waals surface area contributed by atoms with Gasteiger partial charge >= 0.3 is 0 Å². The number of hydrogen-bond donors (Lipinski definition) is 0. The standard InChI is InChI=1S/C11H14O2S/c1-8(12)7-9-5-4-6-10(14-3)11(9)13-2/h4-6H,7H2,1-3H3. The van der Waals surface area contributed by atoms with E-state index in [0.717, 1.165) is 16.2 Å². The molecule has 14 heavy (non-hydrogen) atoms. The van der Waals surface area contributed by atoms with E-state index in [2.05, 4.69) is 0 Å². The average Bonchev–Trinajstić information content (AvgIpc) is 2.16. The first-order chi connectivity index (χ1) is 6.69. The third-order valence-corrected chi connectivity index (χ3v) is 2.69. The summed E-state index contributed by atoms with van der Waals surface area (Å²) in [6.07, 6.45) is 2.44. The monoisotopic (exact) mass is 210 g/mol. The number of ketones is 1. The number of Topliss-reactive ketones (excluding diaryl/α,β-unsaturated/α-hetero) is 1. The van der Waals surface area contributed by atoms with Gasteiger partial charge in [0.25, 0.3) is 0 Å². The maximum absolute atomic E-state index is 11.0. The molecule has 0 saturated heterocycles. The van der Waals surface area contributed by atoms with Crippen LogP contribution in [0.4, 0.5) is 0 Å². The molecule has 0 saturated carbocycles. The molecule has 0 N–H and O–H groups in total. The van der Waals surface area contributed by atoms with Crippen LogP contribution in [0, 0.1) is 0 Å². The van der Waals surface area contributed by atoms with E-state index in [0.29, 0.717) is 6.42 Å². The van der Waals surface area contributed by atoms with Gasteiger partial charge in [-0.25, -0.2) is 0 Å². The van der Waals surface area contributed by atoms with Crippen LogP contribution in [0.15, 0.2) is 23.1 Å². The van der Waals surface area contributed by atoms with Gasteiger partial charge in [0, 0.05) is 16.9 Å². The van der Waals surface area contributed by atoms with E-state index in [1.54, 1.807) is 25.8 Å². The summed E-state index contributed by atoms with van der Waals surface area (Å²) >= 11 is 1.62. The largest absolute Gasteiger partial charge is 0.495 e. The van der Waals surface area contributed by atoms with Crippen LogP contribution >= 0.6 is 11.8 Å². The first kappa shape index (κ1) is 11.1. The summed E-state index contributed by atoms with van der Waals surface area (Å²) < 4.78 is 5.30. The van der Waals surface area contributed by atoms with E-state index in [1.807, 2.05) is 24.5 Å². The van der Waals surface area contributed by atoms with Crippen molar-refractivity contribution in [1.29, 1.82) is 0 Å². The van der Waals surface area contributed by atoms with Crippen molar-refractivity contribution in [2.24, 2.45) is 0 Å².